The molecule has 0 unspecified atom stereocenters. The van der Waals surface area contributed by atoms with Gasteiger partial charge in [-0.25, -0.2) is 9.97 Å². The first kappa shape index (κ1) is 11.4. The Balaban J connectivity index is 2.51. The van der Waals surface area contributed by atoms with Gasteiger partial charge in [0.25, 0.3) is 0 Å². The number of fused-ring (bicyclic) bond motifs is 3. The Labute approximate surface area is 109 Å². The van der Waals surface area contributed by atoms with Crippen LogP contribution in [0, 0.1) is 6.92 Å². The van der Waals surface area contributed by atoms with E-state index >= 15 is 0 Å². The summed E-state index contributed by atoms with van der Waals surface area (Å²) in [4.78, 5) is 8.78. The molecular formula is C13H12ClN3O. The molecule has 0 bridgehead atoms. The summed E-state index contributed by atoms with van der Waals surface area (Å²) in [5, 5.41) is 10.6. The molecule has 5 heteroatoms. The summed E-state index contributed by atoms with van der Waals surface area (Å²) < 4.78 is 1.98. The normalized spacial score (nSPS) is 11.5. The highest BCUT2D eigenvalue weighted by atomic mass is 35.5. The predicted octanol–water partition coefficient (Wildman–Crippen LogP) is 2.54. The largest absolute Gasteiger partial charge is 0.395 e. The van der Waals surface area contributed by atoms with E-state index < -0.39 is 0 Å². The molecule has 2 aromatic heterocycles. The van der Waals surface area contributed by atoms with Crippen LogP contribution in [-0.4, -0.2) is 26.2 Å². The minimum absolute atomic E-state index is 0.0700. The molecule has 0 aliphatic rings. The second kappa shape index (κ2) is 4.23. The number of aliphatic hydroxyl groups excluding tert-OH is 1. The lowest BCUT2D eigenvalue weighted by molar-refractivity contribution is 0.277. The predicted molar refractivity (Wildman–Crippen MR) is 71.9 cm³/mol. The number of imidazole rings is 1. The lowest BCUT2D eigenvalue weighted by Gasteiger charge is -2.06. The number of nitrogens with zero attached hydrogens (tertiary/aromatic N) is 3. The quantitative estimate of drug-likeness (QED) is 0.721. The maximum absolute atomic E-state index is 9.17. The zero-order valence-electron chi connectivity index (χ0n) is 9.89. The first-order valence-electron chi connectivity index (χ1n) is 5.74. The van der Waals surface area contributed by atoms with Crippen LogP contribution in [0.25, 0.3) is 21.9 Å². The molecule has 92 valence electrons. The lowest BCUT2D eigenvalue weighted by atomic mass is 10.2. The SMILES string of the molecule is Cc1nc2c(Cl)nc3ccccc3c2n1CCO. The molecule has 0 spiro atoms. The average molecular weight is 262 g/mol. The number of aromatic nitrogens is 3. The maximum atomic E-state index is 9.17. The van der Waals surface area contributed by atoms with Crippen molar-refractivity contribution in [1.82, 2.24) is 14.5 Å². The molecule has 1 N–H and O–H groups in total. The summed E-state index contributed by atoms with van der Waals surface area (Å²) in [5.41, 5.74) is 2.48. The fraction of sp³-hybridized carbons (Fsp3) is 0.231. The highest BCUT2D eigenvalue weighted by Gasteiger charge is 2.14. The molecule has 0 fully saturated rings. The smallest absolute Gasteiger partial charge is 0.157 e. The van der Waals surface area contributed by atoms with Gasteiger partial charge in [0, 0.05) is 11.9 Å². The summed E-state index contributed by atoms with van der Waals surface area (Å²) in [6.45, 7) is 2.48. The van der Waals surface area contributed by atoms with Gasteiger partial charge in [0.15, 0.2) is 5.15 Å². The van der Waals surface area contributed by atoms with Crippen molar-refractivity contribution >= 4 is 33.5 Å². The summed E-state index contributed by atoms with van der Waals surface area (Å²) in [7, 11) is 0. The molecule has 2 heterocycles. The van der Waals surface area contributed by atoms with Crippen LogP contribution in [0.15, 0.2) is 24.3 Å². The van der Waals surface area contributed by atoms with Crippen molar-refractivity contribution in [2.75, 3.05) is 6.61 Å². The third-order valence-electron chi connectivity index (χ3n) is 3.06. The summed E-state index contributed by atoms with van der Waals surface area (Å²) >= 11 is 6.17. The second-order valence-corrected chi connectivity index (χ2v) is 4.51. The van der Waals surface area contributed by atoms with Gasteiger partial charge in [-0.1, -0.05) is 29.8 Å². The summed E-state index contributed by atoms with van der Waals surface area (Å²) in [6.07, 6.45) is 0. The number of halogens is 1. The van der Waals surface area contributed by atoms with Crippen LogP contribution in [0.5, 0.6) is 0 Å². The molecule has 0 amide bonds. The topological polar surface area (TPSA) is 50.9 Å². The van der Waals surface area contributed by atoms with Crippen molar-refractivity contribution in [3.63, 3.8) is 0 Å². The van der Waals surface area contributed by atoms with Crippen LogP contribution in [0.1, 0.15) is 5.82 Å². The third kappa shape index (κ3) is 1.57. The van der Waals surface area contributed by atoms with E-state index in [9.17, 15) is 0 Å². The lowest BCUT2D eigenvalue weighted by Crippen LogP contribution is -2.04. The van der Waals surface area contributed by atoms with Crippen LogP contribution in [0.2, 0.25) is 5.15 Å². The van der Waals surface area contributed by atoms with Crippen LogP contribution in [0.3, 0.4) is 0 Å². The standard InChI is InChI=1S/C13H12ClN3O/c1-8-15-11-12(17(8)6-7-18)9-4-2-3-5-10(9)16-13(11)14/h2-5,18H,6-7H2,1H3. The second-order valence-electron chi connectivity index (χ2n) is 4.15. The molecule has 0 atom stereocenters. The summed E-state index contributed by atoms with van der Waals surface area (Å²) in [5.74, 6) is 0.833. The molecule has 0 saturated heterocycles. The van der Waals surface area contributed by atoms with Crippen LogP contribution < -0.4 is 0 Å². The summed E-state index contributed by atoms with van der Waals surface area (Å²) in [6, 6.07) is 7.81. The van der Waals surface area contributed by atoms with Gasteiger partial charge in [0.1, 0.15) is 11.3 Å². The van der Waals surface area contributed by atoms with Crippen LogP contribution in [-0.2, 0) is 6.54 Å². The van der Waals surface area contributed by atoms with E-state index in [0.29, 0.717) is 17.2 Å². The van der Waals surface area contributed by atoms with Crippen molar-refractivity contribution in [2.45, 2.75) is 13.5 Å². The first-order chi connectivity index (χ1) is 8.72. The molecule has 0 saturated carbocycles. The van der Waals surface area contributed by atoms with Gasteiger partial charge < -0.3 is 9.67 Å². The highest BCUT2D eigenvalue weighted by Crippen LogP contribution is 2.29. The Bertz CT molecular complexity index is 736. The fourth-order valence-electron chi connectivity index (χ4n) is 2.29. The fourth-order valence-corrected chi connectivity index (χ4v) is 2.51. The van der Waals surface area contributed by atoms with Gasteiger partial charge in [-0.15, -0.1) is 0 Å². The first-order valence-corrected chi connectivity index (χ1v) is 6.12. The number of rotatable bonds is 2. The zero-order chi connectivity index (χ0) is 12.7. The minimum Gasteiger partial charge on any atom is -0.395 e. The van der Waals surface area contributed by atoms with E-state index in [1.807, 2.05) is 35.8 Å². The van der Waals surface area contributed by atoms with Crippen molar-refractivity contribution in [3.8, 4) is 0 Å². The van der Waals surface area contributed by atoms with Gasteiger partial charge >= 0.3 is 0 Å². The van der Waals surface area contributed by atoms with Crippen molar-refractivity contribution < 1.29 is 5.11 Å². The molecule has 0 aliphatic carbocycles. The number of hydrogen-bond donors (Lipinski definition) is 1. The van der Waals surface area contributed by atoms with Crippen molar-refractivity contribution in [1.29, 1.82) is 0 Å². The van der Waals surface area contributed by atoms with Gasteiger partial charge in [0.05, 0.1) is 17.6 Å². The number of benzene rings is 1. The Morgan fingerprint density at radius 3 is 2.83 bits per heavy atom. The Morgan fingerprint density at radius 2 is 2.06 bits per heavy atom. The van der Waals surface area contributed by atoms with E-state index in [-0.39, 0.29) is 6.61 Å². The number of pyridine rings is 1. The van der Waals surface area contributed by atoms with Crippen molar-refractivity contribution in [3.05, 3.63) is 35.2 Å². The Hall–Kier alpha value is -1.65. The molecule has 0 radical (unpaired) electrons. The maximum Gasteiger partial charge on any atom is 0.157 e. The average Bonchev–Trinajstić information content (AvgIpc) is 2.69. The third-order valence-corrected chi connectivity index (χ3v) is 3.32. The number of aliphatic hydroxyl groups is 1. The molecule has 0 aliphatic heterocycles. The van der Waals surface area contributed by atoms with E-state index in [4.69, 9.17) is 16.7 Å². The van der Waals surface area contributed by atoms with Gasteiger partial charge in [-0.2, -0.15) is 0 Å². The van der Waals surface area contributed by atoms with Crippen molar-refractivity contribution in [2.24, 2.45) is 0 Å². The highest BCUT2D eigenvalue weighted by molar-refractivity contribution is 6.35. The monoisotopic (exact) mass is 261 g/mol. The van der Waals surface area contributed by atoms with E-state index in [1.165, 1.54) is 0 Å². The van der Waals surface area contributed by atoms with Crippen LogP contribution in [0.4, 0.5) is 0 Å². The van der Waals surface area contributed by atoms with Gasteiger partial charge in [0.2, 0.25) is 0 Å². The molecule has 4 nitrogen and oxygen atoms in total. The zero-order valence-corrected chi connectivity index (χ0v) is 10.6. The molecule has 3 aromatic rings. The molecule has 3 rings (SSSR count). The Kier molecular flexibility index (Phi) is 2.69. The number of para-hydroxylation sites is 1. The minimum atomic E-state index is 0.0700. The van der Waals surface area contributed by atoms with E-state index in [1.54, 1.807) is 0 Å². The van der Waals surface area contributed by atoms with Crippen LogP contribution >= 0.6 is 11.6 Å². The molecular weight excluding hydrogens is 250 g/mol. The Morgan fingerprint density at radius 1 is 1.28 bits per heavy atom. The van der Waals surface area contributed by atoms with E-state index in [2.05, 4.69) is 9.97 Å². The molecule has 18 heavy (non-hydrogen) atoms. The number of hydrogen-bond acceptors (Lipinski definition) is 3. The van der Waals surface area contributed by atoms with E-state index in [0.717, 1.165) is 22.2 Å². The molecule has 1 aromatic carbocycles. The number of aryl methyl sites for hydroxylation is 1. The van der Waals surface area contributed by atoms with Gasteiger partial charge in [-0.05, 0) is 13.0 Å². The van der Waals surface area contributed by atoms with Gasteiger partial charge in [-0.3, -0.25) is 0 Å².